The van der Waals surface area contributed by atoms with E-state index in [0.717, 1.165) is 48.3 Å². The number of nitrogens with one attached hydrogen (secondary N) is 1. The predicted octanol–water partition coefficient (Wildman–Crippen LogP) is 1.63. The van der Waals surface area contributed by atoms with Crippen LogP contribution in [0.15, 0.2) is 29.3 Å². The number of fused-ring (bicyclic) bond motifs is 1. The fourth-order valence-electron chi connectivity index (χ4n) is 2.43. The van der Waals surface area contributed by atoms with Crippen LogP contribution in [0.4, 0.5) is 0 Å². The molecule has 1 N–H and O–H groups in total. The van der Waals surface area contributed by atoms with E-state index < -0.39 is 0 Å². The fourth-order valence-corrected chi connectivity index (χ4v) is 2.43. The zero-order valence-corrected chi connectivity index (χ0v) is 10.1. The molecule has 4 heteroatoms. The van der Waals surface area contributed by atoms with Gasteiger partial charge in [-0.1, -0.05) is 0 Å². The summed E-state index contributed by atoms with van der Waals surface area (Å²) < 4.78 is 0. The summed E-state index contributed by atoms with van der Waals surface area (Å²) in [6.45, 7) is 0. The number of pyridine rings is 1. The average Bonchev–Trinajstić information content (AvgIpc) is 2.40. The lowest BCUT2D eigenvalue weighted by atomic mass is 9.97. The van der Waals surface area contributed by atoms with Crippen molar-refractivity contribution in [2.45, 2.75) is 32.1 Å². The van der Waals surface area contributed by atoms with Gasteiger partial charge in [-0.2, -0.15) is 0 Å². The zero-order chi connectivity index (χ0) is 12.4. The topological polar surface area (TPSA) is 58.6 Å². The minimum Gasteiger partial charge on any atom is -0.310 e. The van der Waals surface area contributed by atoms with Crippen LogP contribution in [0, 0.1) is 0 Å². The lowest BCUT2D eigenvalue weighted by Crippen LogP contribution is -2.23. The molecule has 0 atom stereocenters. The van der Waals surface area contributed by atoms with Crippen LogP contribution in [0.5, 0.6) is 0 Å². The van der Waals surface area contributed by atoms with Gasteiger partial charge in [0.15, 0.2) is 0 Å². The molecule has 4 nitrogen and oxygen atoms in total. The van der Waals surface area contributed by atoms with Crippen LogP contribution in [0.25, 0.3) is 0 Å². The minimum atomic E-state index is 0.0451. The molecule has 0 radical (unpaired) electrons. The first-order valence-electron chi connectivity index (χ1n) is 6.33. The van der Waals surface area contributed by atoms with Gasteiger partial charge >= 0.3 is 0 Å². The second kappa shape index (κ2) is 4.72. The van der Waals surface area contributed by atoms with E-state index in [4.69, 9.17) is 0 Å². The highest BCUT2D eigenvalue weighted by atomic mass is 16.1. The monoisotopic (exact) mass is 241 g/mol. The largest absolute Gasteiger partial charge is 0.310 e. The Morgan fingerprint density at radius 3 is 2.78 bits per heavy atom. The highest BCUT2D eigenvalue weighted by Crippen LogP contribution is 2.16. The van der Waals surface area contributed by atoms with E-state index in [9.17, 15) is 4.79 Å². The second-order valence-corrected chi connectivity index (χ2v) is 4.68. The number of rotatable bonds is 2. The Labute approximate surface area is 105 Å². The van der Waals surface area contributed by atoms with Crippen LogP contribution in [-0.4, -0.2) is 15.0 Å². The summed E-state index contributed by atoms with van der Waals surface area (Å²) in [6, 6.07) is 3.89. The maximum absolute atomic E-state index is 12.0. The quantitative estimate of drug-likeness (QED) is 0.869. The van der Waals surface area contributed by atoms with Crippen LogP contribution in [0.3, 0.4) is 0 Å². The van der Waals surface area contributed by atoms with E-state index in [1.165, 1.54) is 0 Å². The molecule has 0 bridgehead atoms. The Balaban J connectivity index is 1.94. The number of hydrogen-bond donors (Lipinski definition) is 1. The molecule has 0 fully saturated rings. The Morgan fingerprint density at radius 2 is 1.94 bits per heavy atom. The number of aromatic amines is 1. The summed E-state index contributed by atoms with van der Waals surface area (Å²) in [5, 5.41) is 0. The van der Waals surface area contributed by atoms with E-state index in [-0.39, 0.29) is 5.56 Å². The van der Waals surface area contributed by atoms with Gasteiger partial charge in [0.2, 0.25) is 0 Å². The van der Waals surface area contributed by atoms with E-state index in [2.05, 4.69) is 15.0 Å². The van der Waals surface area contributed by atoms with Gasteiger partial charge in [-0.3, -0.25) is 9.78 Å². The molecule has 92 valence electrons. The summed E-state index contributed by atoms with van der Waals surface area (Å²) in [5.74, 6) is 0.756. The number of hydrogen-bond acceptors (Lipinski definition) is 3. The summed E-state index contributed by atoms with van der Waals surface area (Å²) in [7, 11) is 0. The fraction of sp³-hybridized carbons (Fsp3) is 0.357. The smallest absolute Gasteiger partial charge is 0.254 e. The van der Waals surface area contributed by atoms with Crippen molar-refractivity contribution in [2.24, 2.45) is 0 Å². The van der Waals surface area contributed by atoms with Gasteiger partial charge in [-0.25, -0.2) is 4.98 Å². The summed E-state index contributed by atoms with van der Waals surface area (Å²) in [4.78, 5) is 23.4. The molecule has 0 spiro atoms. The maximum atomic E-state index is 12.0. The Bertz CT molecular complexity index is 604. The van der Waals surface area contributed by atoms with Crippen LogP contribution in [-0.2, 0) is 19.3 Å². The summed E-state index contributed by atoms with van der Waals surface area (Å²) in [5.41, 5.74) is 3.04. The first-order valence-corrected chi connectivity index (χ1v) is 6.33. The lowest BCUT2D eigenvalue weighted by Gasteiger charge is -2.14. The van der Waals surface area contributed by atoms with E-state index in [1.54, 1.807) is 12.4 Å². The molecule has 2 heterocycles. The van der Waals surface area contributed by atoms with Crippen molar-refractivity contribution in [3.63, 3.8) is 0 Å². The van der Waals surface area contributed by atoms with Crippen molar-refractivity contribution in [3.05, 3.63) is 57.5 Å². The van der Waals surface area contributed by atoms with Gasteiger partial charge in [-0.15, -0.1) is 0 Å². The second-order valence-electron chi connectivity index (χ2n) is 4.68. The first kappa shape index (κ1) is 11.1. The lowest BCUT2D eigenvalue weighted by molar-refractivity contribution is 0.648. The molecule has 18 heavy (non-hydrogen) atoms. The molecule has 0 unspecified atom stereocenters. The highest BCUT2D eigenvalue weighted by Gasteiger charge is 2.15. The third-order valence-electron chi connectivity index (χ3n) is 3.36. The van der Waals surface area contributed by atoms with Crippen LogP contribution in [0.2, 0.25) is 0 Å². The molecule has 0 aliphatic heterocycles. The van der Waals surface area contributed by atoms with Crippen LogP contribution >= 0.6 is 0 Å². The van der Waals surface area contributed by atoms with Gasteiger partial charge < -0.3 is 4.98 Å². The molecule has 2 aromatic heterocycles. The molecular formula is C14H15N3O. The van der Waals surface area contributed by atoms with E-state index >= 15 is 0 Å². The molecule has 1 aliphatic carbocycles. The Hall–Kier alpha value is -1.97. The Morgan fingerprint density at radius 1 is 1.17 bits per heavy atom. The molecule has 2 aromatic rings. The van der Waals surface area contributed by atoms with Crippen LogP contribution in [0.1, 0.15) is 35.5 Å². The number of aromatic nitrogens is 3. The van der Waals surface area contributed by atoms with E-state index in [0.29, 0.717) is 6.42 Å². The third-order valence-corrected chi connectivity index (χ3v) is 3.36. The molecule has 0 aromatic carbocycles. The van der Waals surface area contributed by atoms with Gasteiger partial charge in [0.05, 0.1) is 5.69 Å². The maximum Gasteiger partial charge on any atom is 0.254 e. The number of nitrogens with zero attached hydrogens (tertiary/aromatic N) is 2. The van der Waals surface area contributed by atoms with Crippen molar-refractivity contribution in [3.8, 4) is 0 Å². The molecule has 3 rings (SSSR count). The van der Waals surface area contributed by atoms with Crippen molar-refractivity contribution >= 4 is 0 Å². The number of H-pyrrole nitrogens is 1. The van der Waals surface area contributed by atoms with Gasteiger partial charge in [0.25, 0.3) is 5.56 Å². The minimum absolute atomic E-state index is 0.0451. The summed E-state index contributed by atoms with van der Waals surface area (Å²) in [6.07, 6.45) is 8.21. The first-order chi connectivity index (χ1) is 8.83. The normalized spacial score (nSPS) is 14.2. The molecule has 1 aliphatic rings. The summed E-state index contributed by atoms with van der Waals surface area (Å²) >= 11 is 0. The van der Waals surface area contributed by atoms with Crippen molar-refractivity contribution in [1.82, 2.24) is 15.0 Å². The molecule has 0 saturated heterocycles. The van der Waals surface area contributed by atoms with Gasteiger partial charge in [-0.05, 0) is 43.4 Å². The molecular weight excluding hydrogens is 226 g/mol. The Kier molecular flexibility index (Phi) is 2.92. The van der Waals surface area contributed by atoms with Gasteiger partial charge in [0, 0.05) is 24.4 Å². The molecule has 0 saturated carbocycles. The van der Waals surface area contributed by atoms with Crippen molar-refractivity contribution < 1.29 is 0 Å². The SMILES string of the molecule is O=c1[nH]c(Cc2ccncc2)nc2c1CCCC2. The van der Waals surface area contributed by atoms with E-state index in [1.807, 2.05) is 12.1 Å². The zero-order valence-electron chi connectivity index (χ0n) is 10.1. The number of aryl methyl sites for hydroxylation is 1. The third kappa shape index (κ3) is 2.18. The average molecular weight is 241 g/mol. The van der Waals surface area contributed by atoms with Crippen molar-refractivity contribution in [1.29, 1.82) is 0 Å². The standard InChI is InChI=1S/C14H15N3O/c18-14-11-3-1-2-4-12(11)16-13(17-14)9-10-5-7-15-8-6-10/h5-8H,1-4,9H2,(H,16,17,18). The van der Waals surface area contributed by atoms with Gasteiger partial charge in [0.1, 0.15) is 5.82 Å². The van der Waals surface area contributed by atoms with Crippen molar-refractivity contribution in [2.75, 3.05) is 0 Å². The molecule has 0 amide bonds. The predicted molar refractivity (Wildman–Crippen MR) is 68.5 cm³/mol. The highest BCUT2D eigenvalue weighted by molar-refractivity contribution is 5.23. The van der Waals surface area contributed by atoms with Crippen LogP contribution < -0.4 is 5.56 Å².